The van der Waals surface area contributed by atoms with Crippen molar-refractivity contribution in [3.8, 4) is 5.75 Å². The maximum Gasteiger partial charge on any atom is 0.434 e. The van der Waals surface area contributed by atoms with Crippen molar-refractivity contribution >= 4 is 6.29 Å². The summed E-state index contributed by atoms with van der Waals surface area (Å²) in [6.45, 7) is 1.53. The quantitative estimate of drug-likeness (QED) is 0.626. The van der Waals surface area contributed by atoms with Gasteiger partial charge in [-0.15, -0.1) is 0 Å². The Labute approximate surface area is 104 Å². The van der Waals surface area contributed by atoms with Gasteiger partial charge in [0.05, 0.1) is 5.56 Å². The van der Waals surface area contributed by atoms with Crippen LogP contribution in [0.5, 0.6) is 5.75 Å². The summed E-state index contributed by atoms with van der Waals surface area (Å²) in [5, 5.41) is 0. The number of aldehydes is 1. The Morgan fingerprint density at radius 3 is 2.05 bits per heavy atom. The van der Waals surface area contributed by atoms with Crippen molar-refractivity contribution < 1.29 is 35.9 Å². The van der Waals surface area contributed by atoms with Crippen LogP contribution < -0.4 is 4.74 Å². The van der Waals surface area contributed by atoms with E-state index in [0.29, 0.717) is 5.56 Å². The first kappa shape index (κ1) is 15.3. The van der Waals surface area contributed by atoms with E-state index in [1.165, 1.54) is 13.0 Å². The summed E-state index contributed by atoms with van der Waals surface area (Å²) < 4.78 is 77.6. The van der Waals surface area contributed by atoms with Gasteiger partial charge >= 0.3 is 12.4 Å². The van der Waals surface area contributed by atoms with E-state index in [2.05, 4.69) is 4.74 Å². The molecule has 0 saturated carbocycles. The molecule has 0 radical (unpaired) electrons. The highest BCUT2D eigenvalue weighted by Gasteiger charge is 2.59. The lowest BCUT2D eigenvalue weighted by molar-refractivity contribution is -0.299. The molecule has 0 amide bonds. The number of hydrogen-bond donors (Lipinski definition) is 0. The zero-order valence-electron chi connectivity index (χ0n) is 9.47. The second-order valence-corrected chi connectivity index (χ2v) is 3.74. The van der Waals surface area contributed by atoms with Crippen molar-refractivity contribution in [2.75, 3.05) is 0 Å². The van der Waals surface area contributed by atoms with Crippen LogP contribution in [0.2, 0.25) is 0 Å². The van der Waals surface area contributed by atoms with Crippen LogP contribution in [0, 0.1) is 6.92 Å². The van der Waals surface area contributed by atoms with Gasteiger partial charge in [0, 0.05) is 0 Å². The fourth-order valence-electron chi connectivity index (χ4n) is 1.31. The Morgan fingerprint density at radius 1 is 1.11 bits per heavy atom. The summed E-state index contributed by atoms with van der Waals surface area (Å²) in [6.07, 6.45) is -15.1. The molecular weight excluding hydrogens is 278 g/mol. The standard InChI is InChI=1S/C11H8F6O2/c1-6-2-3-8(7(4-6)5-18)19-9(10(12,13)14)11(15,16)17/h2-5,9H,1H3. The first-order valence-corrected chi connectivity index (χ1v) is 4.91. The molecule has 0 saturated heterocycles. The van der Waals surface area contributed by atoms with E-state index in [1.54, 1.807) is 0 Å². The van der Waals surface area contributed by atoms with Gasteiger partial charge in [0.15, 0.2) is 6.29 Å². The molecule has 1 rings (SSSR count). The summed E-state index contributed by atoms with van der Waals surface area (Å²) in [6, 6.07) is 3.27. The largest absolute Gasteiger partial charge is 0.471 e. The van der Waals surface area contributed by atoms with Crippen molar-refractivity contribution in [1.82, 2.24) is 0 Å². The number of aryl methyl sites for hydroxylation is 1. The summed E-state index contributed by atoms with van der Waals surface area (Å²) in [5.74, 6) is -0.764. The second kappa shape index (κ2) is 5.10. The van der Waals surface area contributed by atoms with Crippen molar-refractivity contribution in [2.45, 2.75) is 25.4 Å². The Hall–Kier alpha value is -1.73. The number of hydrogen-bond acceptors (Lipinski definition) is 2. The highest BCUT2D eigenvalue weighted by atomic mass is 19.4. The number of carbonyl (C=O) groups is 1. The number of carbonyl (C=O) groups excluding carboxylic acids is 1. The lowest BCUT2D eigenvalue weighted by Crippen LogP contribution is -2.46. The van der Waals surface area contributed by atoms with Gasteiger partial charge in [-0.3, -0.25) is 4.79 Å². The molecule has 1 aromatic rings. The predicted molar refractivity (Wildman–Crippen MR) is 53.1 cm³/mol. The fourth-order valence-corrected chi connectivity index (χ4v) is 1.31. The van der Waals surface area contributed by atoms with E-state index >= 15 is 0 Å². The normalized spacial score (nSPS) is 12.6. The van der Waals surface area contributed by atoms with Gasteiger partial charge < -0.3 is 4.74 Å². The van der Waals surface area contributed by atoms with E-state index in [-0.39, 0.29) is 11.8 Å². The molecule has 0 N–H and O–H groups in total. The van der Waals surface area contributed by atoms with Crippen LogP contribution in [0.25, 0.3) is 0 Å². The van der Waals surface area contributed by atoms with Crippen LogP contribution in [0.4, 0.5) is 26.3 Å². The molecular formula is C11H8F6O2. The third kappa shape index (κ3) is 3.87. The van der Waals surface area contributed by atoms with E-state index in [4.69, 9.17) is 0 Å². The lowest BCUT2D eigenvalue weighted by Gasteiger charge is -2.24. The van der Waals surface area contributed by atoms with Crippen LogP contribution in [-0.2, 0) is 0 Å². The van der Waals surface area contributed by atoms with Gasteiger partial charge in [-0.1, -0.05) is 11.6 Å². The van der Waals surface area contributed by atoms with Crippen molar-refractivity contribution in [1.29, 1.82) is 0 Å². The van der Waals surface area contributed by atoms with Gasteiger partial charge in [0.25, 0.3) is 6.10 Å². The molecule has 8 heteroatoms. The number of alkyl halides is 6. The molecule has 0 heterocycles. The van der Waals surface area contributed by atoms with E-state index in [0.717, 1.165) is 12.1 Å². The van der Waals surface area contributed by atoms with Crippen LogP contribution in [0.15, 0.2) is 18.2 Å². The fraction of sp³-hybridized carbons (Fsp3) is 0.364. The molecule has 0 unspecified atom stereocenters. The molecule has 0 spiro atoms. The minimum Gasteiger partial charge on any atom is -0.471 e. The molecule has 0 bridgehead atoms. The average molecular weight is 286 g/mol. The number of halogens is 6. The highest BCUT2D eigenvalue weighted by molar-refractivity contribution is 5.79. The molecule has 1 aromatic carbocycles. The maximum atomic E-state index is 12.3. The molecule has 0 atom stereocenters. The van der Waals surface area contributed by atoms with Crippen molar-refractivity contribution in [3.63, 3.8) is 0 Å². The number of ether oxygens (including phenoxy) is 1. The Kier molecular flexibility index (Phi) is 4.12. The Balaban J connectivity index is 3.14. The minimum atomic E-state index is -5.62. The first-order chi connectivity index (χ1) is 8.55. The molecule has 106 valence electrons. The topological polar surface area (TPSA) is 26.3 Å². The van der Waals surface area contributed by atoms with Crippen LogP contribution in [-0.4, -0.2) is 24.7 Å². The van der Waals surface area contributed by atoms with E-state index < -0.39 is 24.2 Å². The van der Waals surface area contributed by atoms with Crippen LogP contribution in [0.3, 0.4) is 0 Å². The second-order valence-electron chi connectivity index (χ2n) is 3.74. The smallest absolute Gasteiger partial charge is 0.434 e. The average Bonchev–Trinajstić information content (AvgIpc) is 2.23. The zero-order valence-corrected chi connectivity index (χ0v) is 9.47. The molecule has 19 heavy (non-hydrogen) atoms. The Morgan fingerprint density at radius 2 is 1.63 bits per heavy atom. The molecule has 2 nitrogen and oxygen atoms in total. The summed E-state index contributed by atoms with van der Waals surface area (Å²) in [7, 11) is 0. The summed E-state index contributed by atoms with van der Waals surface area (Å²) in [4.78, 5) is 10.6. The molecule has 0 aliphatic carbocycles. The monoisotopic (exact) mass is 286 g/mol. The minimum absolute atomic E-state index is 0.131. The molecule has 0 aromatic heterocycles. The zero-order chi connectivity index (χ0) is 14.8. The third-order valence-electron chi connectivity index (χ3n) is 2.13. The van der Waals surface area contributed by atoms with Gasteiger partial charge in [-0.25, -0.2) is 0 Å². The van der Waals surface area contributed by atoms with Gasteiger partial charge in [-0.2, -0.15) is 26.3 Å². The van der Waals surface area contributed by atoms with Gasteiger partial charge in [0.2, 0.25) is 0 Å². The third-order valence-corrected chi connectivity index (χ3v) is 2.13. The first-order valence-electron chi connectivity index (χ1n) is 4.91. The number of benzene rings is 1. The van der Waals surface area contributed by atoms with Crippen LogP contribution in [0.1, 0.15) is 15.9 Å². The summed E-state index contributed by atoms with van der Waals surface area (Å²) in [5.41, 5.74) is 0.128. The molecule has 0 aliphatic rings. The highest BCUT2D eigenvalue weighted by Crippen LogP contribution is 2.37. The SMILES string of the molecule is Cc1ccc(OC(C(F)(F)F)C(F)(F)F)c(C=O)c1. The Bertz CT molecular complexity index is 449. The van der Waals surface area contributed by atoms with Crippen molar-refractivity contribution in [2.24, 2.45) is 0 Å². The maximum absolute atomic E-state index is 12.3. The summed E-state index contributed by atoms with van der Waals surface area (Å²) >= 11 is 0. The number of rotatable bonds is 3. The van der Waals surface area contributed by atoms with Crippen LogP contribution >= 0.6 is 0 Å². The molecule has 0 fully saturated rings. The van der Waals surface area contributed by atoms with E-state index in [9.17, 15) is 31.1 Å². The predicted octanol–water partition coefficient (Wildman–Crippen LogP) is 3.68. The molecule has 0 aliphatic heterocycles. The van der Waals surface area contributed by atoms with Crippen molar-refractivity contribution in [3.05, 3.63) is 29.3 Å². The lowest BCUT2D eigenvalue weighted by atomic mass is 10.1. The van der Waals surface area contributed by atoms with Gasteiger partial charge in [-0.05, 0) is 19.1 Å². The van der Waals surface area contributed by atoms with E-state index in [1.807, 2.05) is 0 Å². The van der Waals surface area contributed by atoms with Gasteiger partial charge in [0.1, 0.15) is 5.75 Å².